The van der Waals surface area contributed by atoms with Gasteiger partial charge in [0, 0.05) is 45.6 Å². The fourth-order valence-corrected chi connectivity index (χ4v) is 3.28. The van der Waals surface area contributed by atoms with Gasteiger partial charge in [0.25, 0.3) is 0 Å². The molecule has 1 fully saturated rings. The van der Waals surface area contributed by atoms with Crippen LogP contribution in [0.5, 0.6) is 0 Å². The number of rotatable bonds is 6. The van der Waals surface area contributed by atoms with Gasteiger partial charge in [0.2, 0.25) is 0 Å². The summed E-state index contributed by atoms with van der Waals surface area (Å²) < 4.78 is 5.24. The first-order valence-corrected chi connectivity index (χ1v) is 8.30. The van der Waals surface area contributed by atoms with Gasteiger partial charge in [-0.25, -0.2) is 0 Å². The highest BCUT2D eigenvalue weighted by Gasteiger charge is 2.28. The van der Waals surface area contributed by atoms with Crippen molar-refractivity contribution >= 4 is 24.8 Å². The number of hydrogen-bond acceptors (Lipinski definition) is 4. The average molecular weight is 384 g/mol. The van der Waals surface area contributed by atoms with Gasteiger partial charge in [0.15, 0.2) is 0 Å². The second kappa shape index (κ2) is 11.4. The summed E-state index contributed by atoms with van der Waals surface area (Å²) in [6.45, 7) is 3.84. The summed E-state index contributed by atoms with van der Waals surface area (Å²) in [4.78, 5) is 7.17. The van der Waals surface area contributed by atoms with Crippen LogP contribution in [0.2, 0.25) is 0 Å². The van der Waals surface area contributed by atoms with Crippen LogP contribution in [0, 0.1) is 0 Å². The van der Waals surface area contributed by atoms with Crippen molar-refractivity contribution in [2.45, 2.75) is 18.5 Å². The monoisotopic (exact) mass is 383 g/mol. The summed E-state index contributed by atoms with van der Waals surface area (Å²) in [7, 11) is 1.77. The van der Waals surface area contributed by atoms with Gasteiger partial charge in [-0.15, -0.1) is 24.8 Å². The number of piperazine rings is 1. The Bertz CT molecular complexity index is 546. The lowest BCUT2D eigenvalue weighted by atomic mass is 9.99. The number of aromatic nitrogens is 1. The van der Waals surface area contributed by atoms with Crippen molar-refractivity contribution in [3.05, 3.63) is 66.0 Å². The van der Waals surface area contributed by atoms with E-state index in [1.54, 1.807) is 7.11 Å². The Morgan fingerprint density at radius 1 is 1.16 bits per heavy atom. The zero-order chi connectivity index (χ0) is 15.9. The Morgan fingerprint density at radius 3 is 2.60 bits per heavy atom. The minimum absolute atomic E-state index is 0. The zero-order valence-electron chi connectivity index (χ0n) is 14.5. The number of pyridine rings is 1. The molecule has 1 unspecified atom stereocenters. The van der Waals surface area contributed by atoms with Gasteiger partial charge < -0.3 is 10.1 Å². The van der Waals surface area contributed by atoms with Crippen LogP contribution in [0.3, 0.4) is 0 Å². The van der Waals surface area contributed by atoms with Gasteiger partial charge >= 0.3 is 0 Å². The molecule has 0 bridgehead atoms. The quantitative estimate of drug-likeness (QED) is 0.829. The Kier molecular flexibility index (Phi) is 10.0. The standard InChI is InChI=1S/C19H25N3O.2ClH/c1-23-14-10-17-15-22(13-12-20-17)19(16-7-3-2-4-8-16)18-9-5-6-11-21-18;;/h2-9,11,17,19-20H,10,12-15H2,1H3;2*1H/t17-,19?;;/m0../s1. The topological polar surface area (TPSA) is 37.4 Å². The van der Waals surface area contributed by atoms with E-state index >= 15 is 0 Å². The first-order chi connectivity index (χ1) is 11.4. The smallest absolute Gasteiger partial charge is 0.0777 e. The maximum Gasteiger partial charge on any atom is 0.0777 e. The molecule has 0 amide bonds. The van der Waals surface area contributed by atoms with E-state index in [-0.39, 0.29) is 30.9 Å². The van der Waals surface area contributed by atoms with Crippen molar-refractivity contribution in [3.63, 3.8) is 0 Å². The van der Waals surface area contributed by atoms with E-state index in [2.05, 4.69) is 57.7 Å². The molecule has 3 rings (SSSR count). The molecule has 1 aromatic heterocycles. The van der Waals surface area contributed by atoms with Crippen molar-refractivity contribution in [2.75, 3.05) is 33.4 Å². The van der Waals surface area contributed by atoms with Crippen LogP contribution in [-0.2, 0) is 4.74 Å². The summed E-state index contributed by atoms with van der Waals surface area (Å²) in [5, 5.41) is 3.60. The molecule has 1 N–H and O–H groups in total. The third kappa shape index (κ3) is 5.94. The number of nitrogens with one attached hydrogen (secondary N) is 1. The van der Waals surface area contributed by atoms with Gasteiger partial charge in [-0.05, 0) is 24.1 Å². The predicted molar refractivity (Wildman–Crippen MR) is 107 cm³/mol. The van der Waals surface area contributed by atoms with E-state index in [9.17, 15) is 0 Å². The third-order valence-corrected chi connectivity index (χ3v) is 4.41. The minimum Gasteiger partial charge on any atom is -0.385 e. The van der Waals surface area contributed by atoms with Gasteiger partial charge in [-0.3, -0.25) is 9.88 Å². The van der Waals surface area contributed by atoms with Gasteiger partial charge in [0.1, 0.15) is 0 Å². The maximum absolute atomic E-state index is 5.24. The molecule has 4 nitrogen and oxygen atoms in total. The first kappa shape index (κ1) is 21.9. The molecule has 1 aliphatic rings. The summed E-state index contributed by atoms with van der Waals surface area (Å²) in [5.41, 5.74) is 2.42. The molecule has 0 spiro atoms. The summed E-state index contributed by atoms with van der Waals surface area (Å²) in [5.74, 6) is 0. The Hall–Kier alpha value is -1.17. The molecule has 1 aliphatic heterocycles. The largest absolute Gasteiger partial charge is 0.385 e. The highest BCUT2D eigenvalue weighted by Crippen LogP contribution is 2.28. The van der Waals surface area contributed by atoms with Crippen molar-refractivity contribution in [2.24, 2.45) is 0 Å². The molecule has 138 valence electrons. The SMILES string of the molecule is COCC[C@H]1CN(C(c2ccccc2)c2ccccn2)CCN1.Cl.Cl. The van der Waals surface area contributed by atoms with Crippen LogP contribution in [0.1, 0.15) is 23.7 Å². The number of ether oxygens (including phenoxy) is 1. The lowest BCUT2D eigenvalue weighted by Gasteiger charge is -2.39. The van der Waals surface area contributed by atoms with Crippen LogP contribution < -0.4 is 5.32 Å². The molecule has 1 aromatic carbocycles. The average Bonchev–Trinajstić information content (AvgIpc) is 2.62. The summed E-state index contributed by atoms with van der Waals surface area (Å²) >= 11 is 0. The summed E-state index contributed by atoms with van der Waals surface area (Å²) in [6, 6.07) is 17.5. The van der Waals surface area contributed by atoms with E-state index in [1.165, 1.54) is 5.56 Å². The van der Waals surface area contributed by atoms with Crippen LogP contribution in [-0.4, -0.2) is 49.3 Å². The molecule has 2 heterocycles. The van der Waals surface area contributed by atoms with Crippen LogP contribution >= 0.6 is 24.8 Å². The number of methoxy groups -OCH3 is 1. The number of benzene rings is 1. The van der Waals surface area contributed by atoms with Crippen LogP contribution in [0.4, 0.5) is 0 Å². The molecule has 0 radical (unpaired) electrons. The molecule has 6 heteroatoms. The third-order valence-electron chi connectivity index (χ3n) is 4.41. The predicted octanol–water partition coefficient (Wildman–Crippen LogP) is 3.32. The van der Waals surface area contributed by atoms with E-state index in [4.69, 9.17) is 4.74 Å². The van der Waals surface area contributed by atoms with Gasteiger partial charge in [-0.1, -0.05) is 36.4 Å². The number of hydrogen-bond donors (Lipinski definition) is 1. The molecule has 2 aromatic rings. The molecular weight excluding hydrogens is 357 g/mol. The number of halogens is 2. The first-order valence-electron chi connectivity index (χ1n) is 8.30. The Labute approximate surface area is 162 Å². The maximum atomic E-state index is 5.24. The van der Waals surface area contributed by atoms with Crippen molar-refractivity contribution in [3.8, 4) is 0 Å². The number of nitrogens with zero attached hydrogens (tertiary/aromatic N) is 2. The highest BCUT2D eigenvalue weighted by atomic mass is 35.5. The molecule has 0 aliphatic carbocycles. The van der Waals surface area contributed by atoms with Gasteiger partial charge in [-0.2, -0.15) is 0 Å². The van der Waals surface area contributed by atoms with E-state index < -0.39 is 0 Å². The normalized spacial score (nSPS) is 18.7. The van der Waals surface area contributed by atoms with E-state index in [1.807, 2.05) is 12.3 Å². The second-order valence-electron chi connectivity index (χ2n) is 6.00. The van der Waals surface area contributed by atoms with Gasteiger partial charge in [0.05, 0.1) is 11.7 Å². The minimum atomic E-state index is 0. The molecule has 2 atom stereocenters. The fourth-order valence-electron chi connectivity index (χ4n) is 3.28. The molecule has 1 saturated heterocycles. The fraction of sp³-hybridized carbons (Fsp3) is 0.421. The lowest BCUT2D eigenvalue weighted by molar-refractivity contribution is 0.129. The van der Waals surface area contributed by atoms with Crippen LogP contribution in [0.15, 0.2) is 54.7 Å². The van der Waals surface area contributed by atoms with Crippen molar-refractivity contribution < 1.29 is 4.74 Å². The summed E-state index contributed by atoms with van der Waals surface area (Å²) in [6.07, 6.45) is 2.92. The van der Waals surface area contributed by atoms with Crippen molar-refractivity contribution in [1.82, 2.24) is 15.2 Å². The second-order valence-corrected chi connectivity index (χ2v) is 6.00. The highest BCUT2D eigenvalue weighted by molar-refractivity contribution is 5.85. The zero-order valence-corrected chi connectivity index (χ0v) is 16.1. The van der Waals surface area contributed by atoms with E-state index in [0.29, 0.717) is 6.04 Å². The van der Waals surface area contributed by atoms with E-state index in [0.717, 1.165) is 38.4 Å². The lowest BCUT2D eigenvalue weighted by Crippen LogP contribution is -2.52. The molecular formula is C19H27Cl2N3O. The molecule has 25 heavy (non-hydrogen) atoms. The van der Waals surface area contributed by atoms with Crippen LogP contribution in [0.25, 0.3) is 0 Å². The Morgan fingerprint density at radius 2 is 1.92 bits per heavy atom. The Balaban J connectivity index is 0.00000156. The van der Waals surface area contributed by atoms with Crippen molar-refractivity contribution in [1.29, 1.82) is 0 Å². The molecule has 0 saturated carbocycles.